The number of fused-ring (bicyclic) bond motifs is 3. The molecule has 2 aromatic heterocycles. The summed E-state index contributed by atoms with van der Waals surface area (Å²) in [5, 5.41) is 12.1. The van der Waals surface area contributed by atoms with Crippen molar-refractivity contribution >= 4 is 21.8 Å². The van der Waals surface area contributed by atoms with E-state index in [1.54, 1.807) is 0 Å². The molecule has 4 rings (SSSR count). The molecule has 1 aliphatic carbocycles. The molecule has 0 spiro atoms. The number of aliphatic hydroxyl groups excluding tert-OH is 1. The number of hydrogen-bond donors (Lipinski definition) is 2. The van der Waals surface area contributed by atoms with Gasteiger partial charge in [-0.05, 0) is 49.3 Å². The van der Waals surface area contributed by atoms with Crippen LogP contribution in [-0.2, 0) is 0 Å². The van der Waals surface area contributed by atoms with E-state index in [2.05, 4.69) is 28.2 Å². The van der Waals surface area contributed by atoms with Crippen LogP contribution in [0.2, 0.25) is 0 Å². The largest absolute Gasteiger partial charge is 0.393 e. The van der Waals surface area contributed by atoms with Crippen LogP contribution in [0.4, 0.5) is 0 Å². The zero-order chi connectivity index (χ0) is 13.5. The van der Waals surface area contributed by atoms with Crippen LogP contribution >= 0.6 is 0 Å². The van der Waals surface area contributed by atoms with Crippen molar-refractivity contribution in [2.45, 2.75) is 37.7 Å². The molecule has 2 heterocycles. The van der Waals surface area contributed by atoms with Crippen molar-refractivity contribution in [2.24, 2.45) is 0 Å². The number of H-pyrrole nitrogens is 1. The summed E-state index contributed by atoms with van der Waals surface area (Å²) in [5.41, 5.74) is 3.73. The molecule has 102 valence electrons. The molecule has 0 unspecified atom stereocenters. The number of pyridine rings is 1. The number of hydrogen-bond acceptors (Lipinski definition) is 2. The molecule has 1 fully saturated rings. The number of nitrogens with one attached hydrogen (secondary N) is 1. The van der Waals surface area contributed by atoms with Crippen LogP contribution in [0.15, 0.2) is 36.7 Å². The zero-order valence-electron chi connectivity index (χ0n) is 11.3. The Morgan fingerprint density at radius 1 is 1.00 bits per heavy atom. The molecule has 0 bridgehead atoms. The summed E-state index contributed by atoms with van der Waals surface area (Å²) in [6, 6.07) is 8.74. The first-order valence-electron chi connectivity index (χ1n) is 7.34. The Morgan fingerprint density at radius 3 is 2.70 bits per heavy atom. The third-order valence-corrected chi connectivity index (χ3v) is 4.59. The Hall–Kier alpha value is -1.87. The fourth-order valence-electron chi connectivity index (χ4n) is 3.43. The van der Waals surface area contributed by atoms with Gasteiger partial charge in [0.15, 0.2) is 0 Å². The standard InChI is InChI=1S/C17H18N2O/c20-13-4-1-11(2-5-13)12-3-6-14-15-10-18-8-7-16(15)19-17(14)9-12/h3,6-11,13,19-20H,1-2,4-5H2. The number of benzene rings is 1. The van der Waals surface area contributed by atoms with Crippen LogP contribution in [0.25, 0.3) is 21.8 Å². The van der Waals surface area contributed by atoms with Crippen LogP contribution in [-0.4, -0.2) is 21.2 Å². The lowest BCUT2D eigenvalue weighted by molar-refractivity contribution is 0.122. The Kier molecular flexibility index (Phi) is 2.74. The van der Waals surface area contributed by atoms with Crippen LogP contribution in [0.5, 0.6) is 0 Å². The van der Waals surface area contributed by atoms with E-state index in [-0.39, 0.29) is 6.10 Å². The molecule has 3 aromatic rings. The molecule has 3 heteroatoms. The molecule has 1 aromatic carbocycles. The van der Waals surface area contributed by atoms with Gasteiger partial charge in [0.1, 0.15) is 0 Å². The third-order valence-electron chi connectivity index (χ3n) is 4.59. The van der Waals surface area contributed by atoms with Gasteiger partial charge in [0, 0.05) is 34.2 Å². The lowest BCUT2D eigenvalue weighted by Crippen LogP contribution is -2.16. The SMILES string of the molecule is OC1CCC(c2ccc3c(c2)[nH]c2ccncc23)CC1. The maximum Gasteiger partial charge on any atom is 0.0540 e. The topological polar surface area (TPSA) is 48.9 Å². The molecule has 0 atom stereocenters. The van der Waals surface area contributed by atoms with Gasteiger partial charge in [0.05, 0.1) is 6.10 Å². The van der Waals surface area contributed by atoms with Gasteiger partial charge >= 0.3 is 0 Å². The number of nitrogens with zero attached hydrogens (tertiary/aromatic N) is 1. The highest BCUT2D eigenvalue weighted by molar-refractivity contribution is 6.06. The summed E-state index contributed by atoms with van der Waals surface area (Å²) in [5.74, 6) is 0.590. The molecule has 0 amide bonds. The highest BCUT2D eigenvalue weighted by atomic mass is 16.3. The van der Waals surface area contributed by atoms with Gasteiger partial charge in [-0.25, -0.2) is 0 Å². The second-order valence-electron chi connectivity index (χ2n) is 5.86. The van der Waals surface area contributed by atoms with Crippen molar-refractivity contribution in [3.8, 4) is 0 Å². The Bertz CT molecular complexity index is 754. The first-order valence-corrected chi connectivity index (χ1v) is 7.34. The molecule has 3 nitrogen and oxygen atoms in total. The van der Waals surface area contributed by atoms with Crippen LogP contribution < -0.4 is 0 Å². The van der Waals surface area contributed by atoms with Crippen molar-refractivity contribution in [1.82, 2.24) is 9.97 Å². The minimum Gasteiger partial charge on any atom is -0.393 e. The van der Waals surface area contributed by atoms with E-state index in [9.17, 15) is 5.11 Å². The van der Waals surface area contributed by atoms with Gasteiger partial charge in [-0.1, -0.05) is 12.1 Å². The zero-order valence-corrected chi connectivity index (χ0v) is 11.3. The van der Waals surface area contributed by atoms with E-state index in [4.69, 9.17) is 0 Å². The van der Waals surface area contributed by atoms with Crippen molar-refractivity contribution in [2.75, 3.05) is 0 Å². The third kappa shape index (κ3) is 1.90. The molecular formula is C17H18N2O. The van der Waals surface area contributed by atoms with E-state index < -0.39 is 0 Å². The maximum atomic E-state index is 9.63. The predicted octanol–water partition coefficient (Wildman–Crippen LogP) is 3.73. The van der Waals surface area contributed by atoms with Crippen LogP contribution in [0.1, 0.15) is 37.2 Å². The summed E-state index contributed by atoms with van der Waals surface area (Å²) in [4.78, 5) is 7.68. The maximum absolute atomic E-state index is 9.63. The highest BCUT2D eigenvalue weighted by Crippen LogP contribution is 2.35. The Morgan fingerprint density at radius 2 is 1.85 bits per heavy atom. The Labute approximate surface area is 117 Å². The van der Waals surface area contributed by atoms with E-state index in [0.717, 1.165) is 31.2 Å². The first-order chi connectivity index (χ1) is 9.81. The van der Waals surface area contributed by atoms with Gasteiger partial charge in [0.25, 0.3) is 0 Å². The second-order valence-corrected chi connectivity index (χ2v) is 5.86. The average Bonchev–Trinajstić information content (AvgIpc) is 2.85. The summed E-state index contributed by atoms with van der Waals surface area (Å²) in [6.45, 7) is 0. The van der Waals surface area contributed by atoms with Gasteiger partial charge in [0.2, 0.25) is 0 Å². The monoisotopic (exact) mass is 266 g/mol. The Balaban J connectivity index is 1.77. The fraction of sp³-hybridized carbons (Fsp3) is 0.353. The molecule has 1 aliphatic rings. The van der Waals surface area contributed by atoms with Crippen molar-refractivity contribution in [1.29, 1.82) is 0 Å². The van der Waals surface area contributed by atoms with E-state index in [1.165, 1.54) is 21.9 Å². The minimum atomic E-state index is -0.0888. The molecule has 2 N–H and O–H groups in total. The molecule has 1 saturated carbocycles. The quantitative estimate of drug-likeness (QED) is 0.705. The predicted molar refractivity (Wildman–Crippen MR) is 80.8 cm³/mol. The summed E-state index contributed by atoms with van der Waals surface area (Å²) >= 11 is 0. The normalized spacial score (nSPS) is 23.4. The first kappa shape index (κ1) is 11.9. The van der Waals surface area contributed by atoms with Gasteiger partial charge < -0.3 is 10.1 Å². The van der Waals surface area contributed by atoms with Gasteiger partial charge in [-0.3, -0.25) is 4.98 Å². The lowest BCUT2D eigenvalue weighted by atomic mass is 9.82. The summed E-state index contributed by atoms with van der Waals surface area (Å²) in [7, 11) is 0. The average molecular weight is 266 g/mol. The molecule has 0 aliphatic heterocycles. The number of aromatic amines is 1. The van der Waals surface area contributed by atoms with Gasteiger partial charge in [-0.2, -0.15) is 0 Å². The van der Waals surface area contributed by atoms with Crippen molar-refractivity contribution < 1.29 is 5.11 Å². The summed E-state index contributed by atoms with van der Waals surface area (Å²) < 4.78 is 0. The van der Waals surface area contributed by atoms with Crippen LogP contribution in [0, 0.1) is 0 Å². The van der Waals surface area contributed by atoms with Crippen molar-refractivity contribution in [3.05, 3.63) is 42.2 Å². The molecule has 0 radical (unpaired) electrons. The van der Waals surface area contributed by atoms with E-state index >= 15 is 0 Å². The second kappa shape index (κ2) is 4.60. The fourth-order valence-corrected chi connectivity index (χ4v) is 3.43. The number of aliphatic hydroxyl groups is 1. The smallest absolute Gasteiger partial charge is 0.0540 e. The lowest BCUT2D eigenvalue weighted by Gasteiger charge is -2.25. The molecule has 20 heavy (non-hydrogen) atoms. The summed E-state index contributed by atoms with van der Waals surface area (Å²) in [6.07, 6.45) is 7.70. The van der Waals surface area contributed by atoms with Crippen molar-refractivity contribution in [3.63, 3.8) is 0 Å². The van der Waals surface area contributed by atoms with Gasteiger partial charge in [-0.15, -0.1) is 0 Å². The highest BCUT2D eigenvalue weighted by Gasteiger charge is 2.21. The van der Waals surface area contributed by atoms with E-state index in [0.29, 0.717) is 5.92 Å². The number of rotatable bonds is 1. The van der Waals surface area contributed by atoms with E-state index in [1.807, 2.05) is 18.5 Å². The number of aromatic nitrogens is 2. The molecular weight excluding hydrogens is 248 g/mol. The molecule has 0 saturated heterocycles. The van der Waals surface area contributed by atoms with Crippen LogP contribution in [0.3, 0.4) is 0 Å². The minimum absolute atomic E-state index is 0.0888.